The van der Waals surface area contributed by atoms with Crippen LogP contribution in [0.5, 0.6) is 11.5 Å². The van der Waals surface area contributed by atoms with E-state index in [1.165, 1.54) is 0 Å². The van der Waals surface area contributed by atoms with Gasteiger partial charge in [0.2, 0.25) is 0 Å². The van der Waals surface area contributed by atoms with Crippen molar-refractivity contribution in [1.82, 2.24) is 9.55 Å². The van der Waals surface area contributed by atoms with Crippen molar-refractivity contribution in [3.8, 4) is 11.5 Å². The van der Waals surface area contributed by atoms with Crippen molar-refractivity contribution < 1.29 is 14.6 Å². The van der Waals surface area contributed by atoms with Gasteiger partial charge < -0.3 is 19.4 Å². The highest BCUT2D eigenvalue weighted by atomic mass is 16.5. The van der Waals surface area contributed by atoms with Gasteiger partial charge in [0, 0.05) is 35.3 Å². The number of carbonyl (C=O) groups excluding carboxylic acids is 1. The van der Waals surface area contributed by atoms with Crippen molar-refractivity contribution in [1.29, 1.82) is 0 Å². The van der Waals surface area contributed by atoms with Crippen LogP contribution in [0.1, 0.15) is 34.7 Å². The van der Waals surface area contributed by atoms with Gasteiger partial charge in [0.25, 0.3) is 11.1 Å². The smallest absolute Gasteiger partial charge is 0.312 e. The number of H-pyrrole nitrogens is 1. The average molecular weight is 442 g/mol. The summed E-state index contributed by atoms with van der Waals surface area (Å²) >= 11 is 0. The normalized spacial score (nSPS) is 15.3. The lowest BCUT2D eigenvalue weighted by Crippen LogP contribution is -2.35. The number of aromatic amines is 1. The highest BCUT2D eigenvalue weighted by molar-refractivity contribution is 5.81. The summed E-state index contributed by atoms with van der Waals surface area (Å²) < 4.78 is 7.06. The van der Waals surface area contributed by atoms with Crippen LogP contribution in [-0.2, 0) is 17.8 Å². The van der Waals surface area contributed by atoms with Gasteiger partial charge in [0.15, 0.2) is 0 Å². The van der Waals surface area contributed by atoms with Crippen molar-refractivity contribution in [2.24, 2.45) is 0 Å². The zero-order chi connectivity index (χ0) is 23.1. The number of nitrogens with one attached hydrogen (secondary N) is 1. The first-order valence-corrected chi connectivity index (χ1v) is 10.8. The molecule has 4 aromatic rings. The highest BCUT2D eigenvalue weighted by Crippen LogP contribution is 2.36. The Balaban J connectivity index is 1.60. The van der Waals surface area contributed by atoms with E-state index in [-0.39, 0.29) is 29.0 Å². The molecule has 7 heteroatoms. The van der Waals surface area contributed by atoms with Gasteiger partial charge in [-0.3, -0.25) is 14.4 Å². The number of pyridine rings is 2. The molecule has 0 aliphatic carbocycles. The third-order valence-electron chi connectivity index (χ3n) is 6.17. The molecule has 1 aliphatic heterocycles. The van der Waals surface area contributed by atoms with E-state index in [9.17, 15) is 19.5 Å². The number of ether oxygens (including phenoxy) is 1. The molecule has 0 saturated carbocycles. The lowest BCUT2D eigenvalue weighted by Gasteiger charge is -2.25. The Labute approximate surface area is 188 Å². The Morgan fingerprint density at radius 3 is 2.61 bits per heavy atom. The van der Waals surface area contributed by atoms with Crippen molar-refractivity contribution in [2.45, 2.75) is 32.2 Å². The molecule has 5 rings (SSSR count). The number of fused-ring (bicyclic) bond motifs is 2. The Kier molecular flexibility index (Phi) is 5.09. The van der Waals surface area contributed by atoms with Crippen LogP contribution in [0.4, 0.5) is 0 Å². The monoisotopic (exact) mass is 442 g/mol. The molecular formula is C26H22N2O5. The van der Waals surface area contributed by atoms with Gasteiger partial charge in [-0.2, -0.15) is 0 Å². The van der Waals surface area contributed by atoms with Crippen LogP contribution < -0.4 is 15.9 Å². The second kappa shape index (κ2) is 8.09. The Bertz CT molecular complexity index is 1500. The third kappa shape index (κ3) is 3.82. The number of benzene rings is 2. The van der Waals surface area contributed by atoms with Crippen molar-refractivity contribution in [3.63, 3.8) is 0 Å². The van der Waals surface area contributed by atoms with E-state index in [0.717, 1.165) is 10.9 Å². The second-order valence-corrected chi connectivity index (χ2v) is 8.31. The van der Waals surface area contributed by atoms with Crippen molar-refractivity contribution in [3.05, 3.63) is 104 Å². The van der Waals surface area contributed by atoms with Gasteiger partial charge in [0.05, 0.1) is 12.0 Å². The molecule has 0 spiro atoms. The molecule has 33 heavy (non-hydrogen) atoms. The number of carbonyl (C=O) groups is 1. The molecule has 3 heterocycles. The maximum atomic E-state index is 13.6. The number of esters is 1. The molecule has 0 amide bonds. The standard InChI is InChI=1S/C26H22N2O5/c1-15-12-22-24(26(32)28(15)11-10-16-6-8-18(29)9-7-16)19(14-23(30)33-22)20-13-17-4-2-3-5-21(17)27-25(20)31/h2-9,12-13,19,29H,10-11,14H2,1H3,(H,27,31)/t19-/m1/s1. The van der Waals surface area contributed by atoms with Crippen LogP contribution in [-0.4, -0.2) is 20.6 Å². The molecule has 1 atom stereocenters. The summed E-state index contributed by atoms with van der Waals surface area (Å²) in [7, 11) is 0. The summed E-state index contributed by atoms with van der Waals surface area (Å²) in [6.45, 7) is 2.20. The molecule has 166 valence electrons. The quantitative estimate of drug-likeness (QED) is 0.472. The zero-order valence-corrected chi connectivity index (χ0v) is 18.0. The van der Waals surface area contributed by atoms with Crippen LogP contribution >= 0.6 is 0 Å². The van der Waals surface area contributed by atoms with Gasteiger partial charge in [0.1, 0.15) is 11.5 Å². The lowest BCUT2D eigenvalue weighted by atomic mass is 9.87. The molecule has 7 nitrogen and oxygen atoms in total. The van der Waals surface area contributed by atoms with E-state index in [2.05, 4.69) is 4.98 Å². The molecule has 2 aromatic carbocycles. The number of hydrogen-bond donors (Lipinski definition) is 2. The summed E-state index contributed by atoms with van der Waals surface area (Å²) in [5, 5.41) is 10.3. The summed E-state index contributed by atoms with van der Waals surface area (Å²) in [6.07, 6.45) is 0.505. The number of aryl methyl sites for hydroxylation is 2. The number of phenolic OH excluding ortho intramolecular Hbond substituents is 1. The zero-order valence-electron chi connectivity index (χ0n) is 18.0. The van der Waals surface area contributed by atoms with E-state index in [4.69, 9.17) is 4.74 Å². The first-order valence-electron chi connectivity index (χ1n) is 10.8. The van der Waals surface area contributed by atoms with E-state index in [0.29, 0.717) is 35.3 Å². The number of rotatable bonds is 4. The van der Waals surface area contributed by atoms with E-state index in [1.54, 1.807) is 35.8 Å². The van der Waals surface area contributed by atoms with Crippen molar-refractivity contribution in [2.75, 3.05) is 0 Å². The predicted molar refractivity (Wildman–Crippen MR) is 124 cm³/mol. The van der Waals surface area contributed by atoms with Gasteiger partial charge in [-0.25, -0.2) is 0 Å². The molecule has 0 radical (unpaired) electrons. The summed E-state index contributed by atoms with van der Waals surface area (Å²) in [5.41, 5.74) is 2.44. The number of para-hydroxylation sites is 1. The van der Waals surface area contributed by atoms with Crippen LogP contribution in [0.3, 0.4) is 0 Å². The van der Waals surface area contributed by atoms with Gasteiger partial charge >= 0.3 is 5.97 Å². The first kappa shape index (κ1) is 20.8. The minimum atomic E-state index is -0.692. The number of aromatic hydroxyl groups is 1. The lowest BCUT2D eigenvalue weighted by molar-refractivity contribution is -0.135. The fourth-order valence-corrected chi connectivity index (χ4v) is 4.46. The fraction of sp³-hybridized carbons (Fsp3) is 0.192. The molecular weight excluding hydrogens is 420 g/mol. The highest BCUT2D eigenvalue weighted by Gasteiger charge is 2.34. The average Bonchev–Trinajstić information content (AvgIpc) is 2.79. The van der Waals surface area contributed by atoms with E-state index < -0.39 is 11.9 Å². The topological polar surface area (TPSA) is 101 Å². The number of nitrogens with zero attached hydrogens (tertiary/aromatic N) is 1. The van der Waals surface area contributed by atoms with Crippen LogP contribution in [0.15, 0.2) is 70.3 Å². The first-order chi connectivity index (χ1) is 15.9. The third-order valence-corrected chi connectivity index (χ3v) is 6.17. The number of aromatic nitrogens is 2. The van der Waals surface area contributed by atoms with Gasteiger partial charge in [-0.1, -0.05) is 30.3 Å². The molecule has 2 aromatic heterocycles. The minimum absolute atomic E-state index is 0.0787. The summed E-state index contributed by atoms with van der Waals surface area (Å²) in [6, 6.07) is 17.7. The second-order valence-electron chi connectivity index (χ2n) is 8.31. The summed E-state index contributed by atoms with van der Waals surface area (Å²) in [4.78, 5) is 41.7. The largest absolute Gasteiger partial charge is 0.508 e. The maximum absolute atomic E-state index is 13.6. The molecule has 1 aliphatic rings. The Morgan fingerprint density at radius 2 is 1.82 bits per heavy atom. The predicted octanol–water partition coefficient (Wildman–Crippen LogP) is 3.39. The van der Waals surface area contributed by atoms with Crippen LogP contribution in [0.2, 0.25) is 0 Å². The van der Waals surface area contributed by atoms with Gasteiger partial charge in [-0.15, -0.1) is 0 Å². The van der Waals surface area contributed by atoms with Crippen LogP contribution in [0.25, 0.3) is 10.9 Å². The molecule has 0 unspecified atom stereocenters. The number of hydrogen-bond acceptors (Lipinski definition) is 5. The fourth-order valence-electron chi connectivity index (χ4n) is 4.46. The molecule has 0 saturated heterocycles. The minimum Gasteiger partial charge on any atom is -0.508 e. The van der Waals surface area contributed by atoms with E-state index in [1.807, 2.05) is 36.4 Å². The SMILES string of the molecule is Cc1cc2c(c(=O)n1CCc1ccc(O)cc1)[C@@H](c1cc3ccccc3[nH]c1=O)CC(=O)O2. The van der Waals surface area contributed by atoms with Crippen LogP contribution in [0, 0.1) is 6.92 Å². The van der Waals surface area contributed by atoms with Gasteiger partial charge in [-0.05, 0) is 48.6 Å². The van der Waals surface area contributed by atoms with E-state index >= 15 is 0 Å². The maximum Gasteiger partial charge on any atom is 0.312 e. The van der Waals surface area contributed by atoms with Crippen molar-refractivity contribution >= 4 is 16.9 Å². The Morgan fingerprint density at radius 1 is 1.06 bits per heavy atom. The summed E-state index contributed by atoms with van der Waals surface area (Å²) in [5.74, 6) is -0.762. The Hall–Kier alpha value is -4.13. The number of phenols is 1. The molecule has 0 bridgehead atoms. The molecule has 2 N–H and O–H groups in total. The molecule has 0 fully saturated rings.